The van der Waals surface area contributed by atoms with Crippen LogP contribution < -0.4 is 5.32 Å². The van der Waals surface area contributed by atoms with Gasteiger partial charge in [-0.2, -0.15) is 5.10 Å². The molecule has 5 aromatic heterocycles. The Balaban J connectivity index is 1.21. The third kappa shape index (κ3) is 4.55. The van der Waals surface area contributed by atoms with E-state index in [9.17, 15) is 4.39 Å². The first-order chi connectivity index (χ1) is 19.2. The lowest BCUT2D eigenvalue weighted by atomic mass is 10.1. The molecule has 0 amide bonds. The minimum atomic E-state index is -0.322. The van der Waals surface area contributed by atoms with Crippen molar-refractivity contribution >= 4 is 22.1 Å². The molecule has 6 aromatic rings. The van der Waals surface area contributed by atoms with E-state index in [4.69, 9.17) is 9.97 Å². The molecule has 0 saturated heterocycles. The molecule has 5 heterocycles. The van der Waals surface area contributed by atoms with Crippen LogP contribution in [0.2, 0.25) is 0 Å². The van der Waals surface area contributed by atoms with Crippen LogP contribution in [0.25, 0.3) is 56.0 Å². The first kappa shape index (κ1) is 23.6. The minimum absolute atomic E-state index is 0.322. The fraction of sp³-hybridized carbons (Fsp3) is 0.233. The predicted octanol–water partition coefficient (Wildman–Crippen LogP) is 6.04. The summed E-state index contributed by atoms with van der Waals surface area (Å²) in [6.45, 7) is 1.84. The average molecular weight is 519 g/mol. The van der Waals surface area contributed by atoms with Crippen LogP contribution in [0.5, 0.6) is 0 Å². The Bertz CT molecular complexity index is 1780. The van der Waals surface area contributed by atoms with Crippen molar-refractivity contribution in [2.45, 2.75) is 32.2 Å². The number of pyridine rings is 3. The highest BCUT2D eigenvalue weighted by atomic mass is 19.1. The van der Waals surface area contributed by atoms with Crippen molar-refractivity contribution in [1.82, 2.24) is 40.4 Å². The first-order valence-corrected chi connectivity index (χ1v) is 13.3. The maximum absolute atomic E-state index is 14.6. The maximum Gasteiger partial charge on any atom is 0.161 e. The molecule has 0 unspecified atom stereocenters. The minimum Gasteiger partial charge on any atom is -0.335 e. The van der Waals surface area contributed by atoms with Gasteiger partial charge in [-0.3, -0.25) is 15.1 Å². The maximum atomic E-state index is 14.6. The molecule has 0 spiro atoms. The Morgan fingerprint density at radius 2 is 1.74 bits per heavy atom. The van der Waals surface area contributed by atoms with Gasteiger partial charge in [-0.05, 0) is 55.1 Å². The van der Waals surface area contributed by atoms with Crippen LogP contribution in [0.1, 0.15) is 31.2 Å². The summed E-state index contributed by atoms with van der Waals surface area (Å²) in [7, 11) is 0. The van der Waals surface area contributed by atoms with Gasteiger partial charge in [-0.15, -0.1) is 0 Å². The third-order valence-electron chi connectivity index (χ3n) is 7.52. The monoisotopic (exact) mass is 518 g/mol. The second-order valence-corrected chi connectivity index (χ2v) is 10.2. The van der Waals surface area contributed by atoms with Crippen LogP contribution in [0.15, 0.2) is 67.3 Å². The van der Waals surface area contributed by atoms with Gasteiger partial charge in [0, 0.05) is 41.8 Å². The summed E-state index contributed by atoms with van der Waals surface area (Å²) in [6, 6.07) is 12.7. The van der Waals surface area contributed by atoms with Crippen molar-refractivity contribution in [3.05, 3.63) is 78.6 Å². The SMILES string of the molecule is Fc1ccccc1-c1cncc2[nH]c(-c3n[nH]c4ccc(-c5cncc(CNCC6CCCC6)c5)nc34)nc12. The Morgan fingerprint density at radius 3 is 2.64 bits per heavy atom. The molecule has 1 aromatic carbocycles. The average Bonchev–Trinajstić information content (AvgIpc) is 3.73. The molecule has 1 aliphatic rings. The number of hydrogen-bond acceptors (Lipinski definition) is 6. The van der Waals surface area contributed by atoms with Gasteiger partial charge in [0.1, 0.15) is 16.9 Å². The lowest BCUT2D eigenvalue weighted by Gasteiger charge is -2.11. The number of nitrogens with zero attached hydrogens (tertiary/aromatic N) is 5. The van der Waals surface area contributed by atoms with Crippen molar-refractivity contribution < 1.29 is 4.39 Å². The molecule has 9 heteroatoms. The third-order valence-corrected chi connectivity index (χ3v) is 7.52. The van der Waals surface area contributed by atoms with Gasteiger partial charge in [0.2, 0.25) is 0 Å². The lowest BCUT2D eigenvalue weighted by Crippen LogP contribution is -2.20. The van der Waals surface area contributed by atoms with Crippen LogP contribution in [0, 0.1) is 11.7 Å². The molecule has 8 nitrogen and oxygen atoms in total. The summed E-state index contributed by atoms with van der Waals surface area (Å²) in [5, 5.41) is 11.2. The molecule has 0 atom stereocenters. The predicted molar refractivity (Wildman–Crippen MR) is 149 cm³/mol. The highest BCUT2D eigenvalue weighted by Gasteiger charge is 2.18. The highest BCUT2D eigenvalue weighted by molar-refractivity contribution is 5.95. The van der Waals surface area contributed by atoms with E-state index in [-0.39, 0.29) is 5.82 Å². The summed E-state index contributed by atoms with van der Waals surface area (Å²) in [6.07, 6.45) is 12.4. The zero-order valence-corrected chi connectivity index (χ0v) is 21.3. The molecule has 0 radical (unpaired) electrons. The molecule has 194 valence electrons. The van der Waals surface area contributed by atoms with Crippen LogP contribution in [0.3, 0.4) is 0 Å². The first-order valence-electron chi connectivity index (χ1n) is 13.3. The summed E-state index contributed by atoms with van der Waals surface area (Å²) in [4.78, 5) is 21.8. The molecule has 39 heavy (non-hydrogen) atoms. The number of aromatic nitrogens is 7. The van der Waals surface area contributed by atoms with Gasteiger partial charge in [-0.25, -0.2) is 14.4 Å². The Labute approximate surface area is 224 Å². The number of H-pyrrole nitrogens is 2. The molecule has 1 aliphatic carbocycles. The van der Waals surface area contributed by atoms with E-state index < -0.39 is 0 Å². The number of aromatic amines is 2. The number of benzene rings is 1. The van der Waals surface area contributed by atoms with E-state index in [1.54, 1.807) is 30.6 Å². The zero-order valence-electron chi connectivity index (χ0n) is 21.3. The number of halogens is 1. The van der Waals surface area contributed by atoms with Gasteiger partial charge in [0.25, 0.3) is 0 Å². The van der Waals surface area contributed by atoms with E-state index in [1.807, 2.05) is 24.5 Å². The van der Waals surface area contributed by atoms with Crippen molar-refractivity contribution in [2.24, 2.45) is 5.92 Å². The molecule has 1 fully saturated rings. The van der Waals surface area contributed by atoms with Crippen molar-refractivity contribution in [2.75, 3.05) is 6.54 Å². The largest absolute Gasteiger partial charge is 0.335 e. The normalized spacial score (nSPS) is 14.1. The van der Waals surface area contributed by atoms with Crippen molar-refractivity contribution in [1.29, 1.82) is 0 Å². The van der Waals surface area contributed by atoms with E-state index in [0.29, 0.717) is 39.2 Å². The van der Waals surface area contributed by atoms with Crippen LogP contribution in [-0.2, 0) is 6.54 Å². The van der Waals surface area contributed by atoms with Gasteiger partial charge >= 0.3 is 0 Å². The molecular weight excluding hydrogens is 491 g/mol. The molecule has 0 aliphatic heterocycles. The van der Waals surface area contributed by atoms with Gasteiger partial charge in [0.15, 0.2) is 11.5 Å². The lowest BCUT2D eigenvalue weighted by molar-refractivity contribution is 0.489. The van der Waals surface area contributed by atoms with Gasteiger partial charge in [-0.1, -0.05) is 31.0 Å². The van der Waals surface area contributed by atoms with Crippen molar-refractivity contribution in [3.63, 3.8) is 0 Å². The van der Waals surface area contributed by atoms with E-state index in [1.165, 1.54) is 31.7 Å². The Hall–Kier alpha value is -4.50. The molecular formula is C30H27FN8. The summed E-state index contributed by atoms with van der Waals surface area (Å²) < 4.78 is 14.6. The summed E-state index contributed by atoms with van der Waals surface area (Å²) >= 11 is 0. The van der Waals surface area contributed by atoms with E-state index in [0.717, 1.165) is 41.3 Å². The number of hydrogen-bond donors (Lipinski definition) is 3. The molecule has 7 rings (SSSR count). The Kier molecular flexibility index (Phi) is 6.05. The number of nitrogens with one attached hydrogen (secondary N) is 3. The fourth-order valence-corrected chi connectivity index (χ4v) is 5.51. The fourth-order valence-electron chi connectivity index (χ4n) is 5.51. The van der Waals surface area contributed by atoms with E-state index >= 15 is 0 Å². The number of rotatable bonds is 7. The standard InChI is InChI=1S/C30H27FN8/c31-23-8-4-3-7-21(23)22-16-34-17-26-27(22)37-30(36-26)29-28-25(38-39-29)10-9-24(35-28)20-11-19(14-33-15-20)13-32-12-18-5-1-2-6-18/h3-4,7-11,14-18,32H,1-2,5-6,12-13H2,(H,36,37)(H,38,39). The quantitative estimate of drug-likeness (QED) is 0.238. The second kappa shape index (κ2) is 9.99. The smallest absolute Gasteiger partial charge is 0.161 e. The molecule has 3 N–H and O–H groups in total. The van der Waals surface area contributed by atoms with Crippen LogP contribution >= 0.6 is 0 Å². The summed E-state index contributed by atoms with van der Waals surface area (Å²) in [5.41, 5.74) is 7.34. The second-order valence-electron chi connectivity index (χ2n) is 10.2. The zero-order chi connectivity index (χ0) is 26.2. The molecule has 0 bridgehead atoms. The highest BCUT2D eigenvalue weighted by Crippen LogP contribution is 2.32. The number of fused-ring (bicyclic) bond motifs is 2. The van der Waals surface area contributed by atoms with Crippen LogP contribution in [-0.4, -0.2) is 41.7 Å². The Morgan fingerprint density at radius 1 is 0.872 bits per heavy atom. The topological polar surface area (TPSA) is 108 Å². The summed E-state index contributed by atoms with van der Waals surface area (Å²) in [5.74, 6) is 1.01. The van der Waals surface area contributed by atoms with Gasteiger partial charge in [0.05, 0.1) is 22.9 Å². The molecule has 1 saturated carbocycles. The van der Waals surface area contributed by atoms with Crippen LogP contribution in [0.4, 0.5) is 4.39 Å². The number of imidazole rings is 1. The van der Waals surface area contributed by atoms with Gasteiger partial charge < -0.3 is 10.3 Å². The van der Waals surface area contributed by atoms with E-state index in [2.05, 4.69) is 36.5 Å². The van der Waals surface area contributed by atoms with Crippen molar-refractivity contribution in [3.8, 4) is 33.9 Å².